The maximum atomic E-state index is 13.3. The van der Waals surface area contributed by atoms with Crippen LogP contribution in [0.5, 0.6) is 0 Å². The Bertz CT molecular complexity index is 981. The number of rotatable bonds is 1. The van der Waals surface area contributed by atoms with Crippen molar-refractivity contribution in [2.45, 2.75) is 31.0 Å². The highest BCUT2D eigenvalue weighted by Crippen LogP contribution is 2.59. The van der Waals surface area contributed by atoms with Crippen LogP contribution in [0.2, 0.25) is 0 Å². The summed E-state index contributed by atoms with van der Waals surface area (Å²) < 4.78 is 41.6. The van der Waals surface area contributed by atoms with Crippen molar-refractivity contribution >= 4 is 23.3 Å². The minimum atomic E-state index is -4.46. The monoisotopic (exact) mass is 379 g/mol. The highest BCUT2D eigenvalue weighted by atomic mass is 19.4. The molecule has 2 aromatic heterocycles. The van der Waals surface area contributed by atoms with Gasteiger partial charge in [0, 0.05) is 18.5 Å². The van der Waals surface area contributed by atoms with Crippen LogP contribution in [0.1, 0.15) is 24.8 Å². The fourth-order valence-electron chi connectivity index (χ4n) is 4.54. The molecular formula is C17H16F3N5O2. The summed E-state index contributed by atoms with van der Waals surface area (Å²) >= 11 is 0. The van der Waals surface area contributed by atoms with E-state index in [9.17, 15) is 22.8 Å². The second kappa shape index (κ2) is 4.93. The average molecular weight is 379 g/mol. The Balaban J connectivity index is 1.55. The molecule has 3 amide bonds. The molecule has 27 heavy (non-hydrogen) atoms. The highest BCUT2D eigenvalue weighted by molar-refractivity contribution is 6.08. The van der Waals surface area contributed by atoms with Gasteiger partial charge in [-0.2, -0.15) is 13.2 Å². The van der Waals surface area contributed by atoms with Gasteiger partial charge in [-0.3, -0.25) is 14.5 Å². The number of urea groups is 1. The number of nitrogens with one attached hydrogen (secondary N) is 2. The van der Waals surface area contributed by atoms with Crippen molar-refractivity contribution in [1.82, 2.24) is 20.0 Å². The molecule has 7 nitrogen and oxygen atoms in total. The van der Waals surface area contributed by atoms with Crippen molar-refractivity contribution in [1.29, 1.82) is 0 Å². The van der Waals surface area contributed by atoms with E-state index < -0.39 is 28.7 Å². The van der Waals surface area contributed by atoms with E-state index in [1.165, 1.54) is 12.5 Å². The van der Waals surface area contributed by atoms with Gasteiger partial charge in [0.05, 0.1) is 17.3 Å². The van der Waals surface area contributed by atoms with E-state index in [2.05, 4.69) is 15.6 Å². The van der Waals surface area contributed by atoms with Gasteiger partial charge in [0.1, 0.15) is 17.7 Å². The van der Waals surface area contributed by atoms with Crippen LogP contribution in [0.15, 0.2) is 24.7 Å². The molecule has 1 aliphatic carbocycles. The van der Waals surface area contributed by atoms with Crippen molar-refractivity contribution in [2.75, 3.05) is 18.0 Å². The van der Waals surface area contributed by atoms with E-state index in [1.54, 1.807) is 4.40 Å². The number of imidazole rings is 1. The first-order chi connectivity index (χ1) is 12.7. The molecule has 2 spiro atoms. The summed E-state index contributed by atoms with van der Waals surface area (Å²) in [6.45, 7) is 0.749. The average Bonchev–Trinajstić information content (AvgIpc) is 3.09. The van der Waals surface area contributed by atoms with Crippen molar-refractivity contribution in [3.05, 3.63) is 30.2 Å². The Morgan fingerprint density at radius 1 is 1.15 bits per heavy atom. The third-order valence-electron chi connectivity index (χ3n) is 6.10. The second-order valence-corrected chi connectivity index (χ2v) is 7.55. The van der Waals surface area contributed by atoms with Crippen LogP contribution >= 0.6 is 0 Å². The van der Waals surface area contributed by atoms with Crippen LogP contribution in [0.4, 0.5) is 23.8 Å². The van der Waals surface area contributed by atoms with Crippen LogP contribution in [-0.2, 0) is 11.0 Å². The number of aromatic nitrogens is 2. The van der Waals surface area contributed by atoms with E-state index in [0.29, 0.717) is 30.8 Å². The zero-order valence-electron chi connectivity index (χ0n) is 14.1. The van der Waals surface area contributed by atoms with Gasteiger partial charge in [-0.25, -0.2) is 9.78 Å². The number of hydrogen-bond acceptors (Lipinski definition) is 4. The molecule has 0 aromatic carbocycles. The number of carbonyl (C=O) groups is 2. The molecule has 142 valence electrons. The maximum absolute atomic E-state index is 13.3. The molecule has 3 fully saturated rings. The summed E-state index contributed by atoms with van der Waals surface area (Å²) in [6.07, 6.45) is 0.234. The van der Waals surface area contributed by atoms with Gasteiger partial charge < -0.3 is 10.2 Å². The molecule has 5 rings (SSSR count). The van der Waals surface area contributed by atoms with Crippen molar-refractivity contribution in [3.8, 4) is 0 Å². The third kappa shape index (κ3) is 2.18. The number of halogens is 3. The number of alkyl halides is 3. The Kier molecular flexibility index (Phi) is 2.99. The number of nitrogens with zero attached hydrogens (tertiary/aromatic N) is 3. The normalized spacial score (nSPS) is 26.7. The zero-order valence-corrected chi connectivity index (χ0v) is 14.1. The van der Waals surface area contributed by atoms with E-state index in [4.69, 9.17) is 0 Å². The molecule has 1 atom stereocenters. The molecule has 2 saturated heterocycles. The van der Waals surface area contributed by atoms with Crippen molar-refractivity contribution in [2.24, 2.45) is 5.41 Å². The summed E-state index contributed by atoms with van der Waals surface area (Å²) in [4.78, 5) is 30.0. The number of anilines is 1. The van der Waals surface area contributed by atoms with Crippen molar-refractivity contribution < 1.29 is 22.8 Å². The van der Waals surface area contributed by atoms with Gasteiger partial charge >= 0.3 is 12.2 Å². The summed E-state index contributed by atoms with van der Waals surface area (Å²) in [7, 11) is 0. The number of hydrogen-bond donors (Lipinski definition) is 2. The Hall–Kier alpha value is -2.78. The SMILES string of the molecule is O=C1NC(=O)C2(CCN(c3cc(C(F)(F)F)cc4cncn34)CC23CC3)N1. The molecule has 1 saturated carbocycles. The molecule has 0 radical (unpaired) electrons. The lowest BCUT2D eigenvalue weighted by atomic mass is 9.74. The number of pyridine rings is 1. The predicted octanol–water partition coefficient (Wildman–Crippen LogP) is 1.92. The third-order valence-corrected chi connectivity index (χ3v) is 6.10. The second-order valence-electron chi connectivity index (χ2n) is 7.55. The molecule has 1 unspecified atom stereocenters. The van der Waals surface area contributed by atoms with Gasteiger partial charge in [-0.05, 0) is 31.4 Å². The quantitative estimate of drug-likeness (QED) is 0.742. The topological polar surface area (TPSA) is 78.7 Å². The van der Waals surface area contributed by atoms with Crippen LogP contribution in [0.3, 0.4) is 0 Å². The van der Waals surface area contributed by atoms with Gasteiger partial charge in [-0.1, -0.05) is 0 Å². The van der Waals surface area contributed by atoms with Crippen LogP contribution < -0.4 is 15.5 Å². The number of carbonyl (C=O) groups excluding carboxylic acids is 2. The number of imide groups is 1. The van der Waals surface area contributed by atoms with E-state index in [-0.39, 0.29) is 5.91 Å². The molecule has 2 N–H and O–H groups in total. The van der Waals surface area contributed by atoms with Crippen LogP contribution in [0.25, 0.3) is 5.52 Å². The lowest BCUT2D eigenvalue weighted by Crippen LogP contribution is -2.63. The number of piperidine rings is 1. The Morgan fingerprint density at radius 2 is 1.93 bits per heavy atom. The van der Waals surface area contributed by atoms with Crippen molar-refractivity contribution in [3.63, 3.8) is 0 Å². The van der Waals surface area contributed by atoms with Crippen LogP contribution in [0, 0.1) is 5.41 Å². The first-order valence-corrected chi connectivity index (χ1v) is 8.66. The molecule has 10 heteroatoms. The predicted molar refractivity (Wildman–Crippen MR) is 88.1 cm³/mol. The number of fused-ring (bicyclic) bond motifs is 2. The summed E-state index contributed by atoms with van der Waals surface area (Å²) in [5, 5.41) is 5.10. The smallest absolute Gasteiger partial charge is 0.357 e. The standard InChI is InChI=1S/C17H16F3N5O2/c18-17(19,20)10-5-11-7-21-9-25(11)12(6-10)24-4-3-16(15(8-24)1-2-15)13(26)22-14(27)23-16/h5-7,9H,1-4,8H2,(H2,22,23,26,27). The van der Waals surface area contributed by atoms with E-state index in [1.807, 2.05) is 4.90 Å². The molecule has 3 aliphatic rings. The summed E-state index contributed by atoms with van der Waals surface area (Å²) in [5.41, 5.74) is -1.79. The zero-order chi connectivity index (χ0) is 19.0. The Labute approximate surface area is 151 Å². The molecule has 2 aromatic rings. The Morgan fingerprint density at radius 3 is 2.56 bits per heavy atom. The number of amides is 3. The first kappa shape index (κ1) is 16.4. The lowest BCUT2D eigenvalue weighted by Gasteiger charge is -2.45. The fraction of sp³-hybridized carbons (Fsp3) is 0.471. The van der Waals surface area contributed by atoms with Gasteiger partial charge in [0.15, 0.2) is 0 Å². The van der Waals surface area contributed by atoms with Gasteiger partial charge in [-0.15, -0.1) is 0 Å². The maximum Gasteiger partial charge on any atom is 0.416 e. The molecule has 2 aliphatic heterocycles. The largest absolute Gasteiger partial charge is 0.416 e. The summed E-state index contributed by atoms with van der Waals surface area (Å²) in [6, 6.07) is 1.69. The lowest BCUT2D eigenvalue weighted by molar-refractivity contribution is -0.137. The molecule has 0 bridgehead atoms. The minimum Gasteiger partial charge on any atom is -0.357 e. The minimum absolute atomic E-state index is 0.332. The molecular weight excluding hydrogens is 363 g/mol. The summed E-state index contributed by atoms with van der Waals surface area (Å²) in [5.74, 6) is 0.0599. The fourth-order valence-corrected chi connectivity index (χ4v) is 4.54. The first-order valence-electron chi connectivity index (χ1n) is 8.66. The van der Waals surface area contributed by atoms with E-state index in [0.717, 1.165) is 25.0 Å². The van der Waals surface area contributed by atoms with Crippen LogP contribution in [-0.4, -0.2) is 40.0 Å². The van der Waals surface area contributed by atoms with Gasteiger partial charge in [0.25, 0.3) is 5.91 Å². The van der Waals surface area contributed by atoms with E-state index >= 15 is 0 Å². The van der Waals surface area contributed by atoms with Gasteiger partial charge in [0.2, 0.25) is 0 Å². The molecule has 4 heterocycles. The highest BCUT2D eigenvalue weighted by Gasteiger charge is 2.68.